The van der Waals surface area contributed by atoms with Crippen LogP contribution >= 0.6 is 0 Å². The van der Waals surface area contributed by atoms with Crippen molar-refractivity contribution in [2.75, 3.05) is 6.54 Å². The van der Waals surface area contributed by atoms with Gasteiger partial charge in [-0.25, -0.2) is 0 Å². The van der Waals surface area contributed by atoms with Crippen LogP contribution in [0.4, 0.5) is 0 Å². The molecule has 0 aromatic carbocycles. The molecule has 2 unspecified atom stereocenters. The van der Waals surface area contributed by atoms with Crippen molar-refractivity contribution in [3.8, 4) is 0 Å². The zero-order valence-corrected chi connectivity index (χ0v) is 9.82. The van der Waals surface area contributed by atoms with Crippen LogP contribution in [0.15, 0.2) is 0 Å². The summed E-state index contributed by atoms with van der Waals surface area (Å²) in [6.07, 6.45) is 2.45. The van der Waals surface area contributed by atoms with E-state index in [-0.39, 0.29) is 0 Å². The maximum atomic E-state index is 4.30. The molecule has 4 nitrogen and oxygen atoms in total. The number of hydrogen-bond acceptors (Lipinski definition) is 3. The van der Waals surface area contributed by atoms with Gasteiger partial charge in [0.2, 0.25) is 0 Å². The van der Waals surface area contributed by atoms with Crippen molar-refractivity contribution in [3.63, 3.8) is 0 Å². The summed E-state index contributed by atoms with van der Waals surface area (Å²) in [5, 5.41) is 12.0. The molecule has 1 aromatic rings. The number of piperidine rings is 1. The third kappa shape index (κ3) is 2.04. The molecule has 0 amide bonds. The van der Waals surface area contributed by atoms with E-state index >= 15 is 0 Å². The third-order valence-electron chi connectivity index (χ3n) is 3.26. The fourth-order valence-corrected chi connectivity index (χ4v) is 2.35. The number of rotatable bonds is 2. The Kier molecular flexibility index (Phi) is 3.05. The molecule has 2 heterocycles. The first-order valence-electron chi connectivity index (χ1n) is 5.85. The van der Waals surface area contributed by atoms with Gasteiger partial charge >= 0.3 is 0 Å². The van der Waals surface area contributed by atoms with Crippen LogP contribution in [0.25, 0.3) is 0 Å². The van der Waals surface area contributed by atoms with Gasteiger partial charge in [-0.05, 0) is 39.2 Å². The van der Waals surface area contributed by atoms with Crippen LogP contribution in [0, 0.1) is 12.8 Å². The normalized spacial score (nSPS) is 26.9. The van der Waals surface area contributed by atoms with E-state index in [0.717, 1.165) is 30.7 Å². The Hall–Kier alpha value is -0.900. The highest BCUT2D eigenvalue weighted by Gasteiger charge is 2.24. The summed E-state index contributed by atoms with van der Waals surface area (Å²) in [6, 6.07) is 0.398. The Morgan fingerprint density at radius 1 is 1.47 bits per heavy atom. The molecule has 4 heteroatoms. The molecule has 15 heavy (non-hydrogen) atoms. The van der Waals surface area contributed by atoms with Gasteiger partial charge in [-0.2, -0.15) is 0 Å². The second kappa shape index (κ2) is 4.31. The van der Waals surface area contributed by atoms with Gasteiger partial charge < -0.3 is 9.88 Å². The molecule has 1 aromatic heterocycles. The van der Waals surface area contributed by atoms with Crippen LogP contribution in [-0.4, -0.2) is 21.3 Å². The number of aryl methyl sites for hydroxylation is 1. The molecule has 1 fully saturated rings. The van der Waals surface area contributed by atoms with Crippen LogP contribution in [-0.2, 0) is 6.54 Å². The van der Waals surface area contributed by atoms with E-state index in [1.807, 2.05) is 6.92 Å². The van der Waals surface area contributed by atoms with E-state index in [2.05, 4.69) is 33.9 Å². The van der Waals surface area contributed by atoms with Crippen molar-refractivity contribution in [2.45, 2.75) is 46.2 Å². The summed E-state index contributed by atoms with van der Waals surface area (Å²) >= 11 is 0. The summed E-state index contributed by atoms with van der Waals surface area (Å²) in [5.74, 6) is 2.92. The summed E-state index contributed by atoms with van der Waals surface area (Å²) in [7, 11) is 0. The van der Waals surface area contributed by atoms with E-state index in [4.69, 9.17) is 0 Å². The number of nitrogens with zero attached hydrogens (tertiary/aromatic N) is 3. The molecule has 1 N–H and O–H groups in total. The van der Waals surface area contributed by atoms with Crippen LogP contribution in [0.2, 0.25) is 0 Å². The van der Waals surface area contributed by atoms with E-state index in [1.54, 1.807) is 0 Å². The molecule has 1 saturated heterocycles. The van der Waals surface area contributed by atoms with Crippen LogP contribution in [0.5, 0.6) is 0 Å². The van der Waals surface area contributed by atoms with Crippen LogP contribution < -0.4 is 5.32 Å². The quantitative estimate of drug-likeness (QED) is 0.804. The summed E-state index contributed by atoms with van der Waals surface area (Å²) in [4.78, 5) is 0. The predicted molar refractivity (Wildman–Crippen MR) is 59.6 cm³/mol. The van der Waals surface area contributed by atoms with Gasteiger partial charge in [0, 0.05) is 6.54 Å². The molecule has 0 bridgehead atoms. The summed E-state index contributed by atoms with van der Waals surface area (Å²) in [6.45, 7) is 8.54. The van der Waals surface area contributed by atoms with Crippen molar-refractivity contribution < 1.29 is 0 Å². The van der Waals surface area contributed by atoms with Gasteiger partial charge in [0.05, 0.1) is 6.04 Å². The van der Waals surface area contributed by atoms with Gasteiger partial charge in [0.15, 0.2) is 0 Å². The molecule has 2 atom stereocenters. The van der Waals surface area contributed by atoms with Crippen molar-refractivity contribution in [1.29, 1.82) is 0 Å². The lowest BCUT2D eigenvalue weighted by atomic mass is 9.94. The van der Waals surface area contributed by atoms with E-state index < -0.39 is 0 Å². The average Bonchev–Trinajstić information content (AvgIpc) is 2.59. The van der Waals surface area contributed by atoms with Gasteiger partial charge in [0.25, 0.3) is 0 Å². The second-order valence-corrected chi connectivity index (χ2v) is 4.49. The largest absolute Gasteiger partial charge is 0.314 e. The minimum atomic E-state index is 0.398. The Bertz CT molecular complexity index is 331. The third-order valence-corrected chi connectivity index (χ3v) is 3.26. The second-order valence-electron chi connectivity index (χ2n) is 4.49. The van der Waals surface area contributed by atoms with Gasteiger partial charge in [-0.3, -0.25) is 0 Å². The minimum Gasteiger partial charge on any atom is -0.314 e. The molecule has 0 radical (unpaired) electrons. The van der Waals surface area contributed by atoms with Crippen molar-refractivity contribution in [1.82, 2.24) is 20.1 Å². The zero-order chi connectivity index (χ0) is 10.8. The van der Waals surface area contributed by atoms with Crippen molar-refractivity contribution in [2.24, 2.45) is 5.92 Å². The van der Waals surface area contributed by atoms with Crippen LogP contribution in [0.3, 0.4) is 0 Å². The molecule has 0 spiro atoms. The first-order chi connectivity index (χ1) is 7.22. The molecule has 0 aliphatic carbocycles. The molecular weight excluding hydrogens is 188 g/mol. The molecule has 0 saturated carbocycles. The summed E-state index contributed by atoms with van der Waals surface area (Å²) < 4.78 is 2.20. The highest BCUT2D eigenvalue weighted by Crippen LogP contribution is 2.25. The topological polar surface area (TPSA) is 42.7 Å². The van der Waals surface area contributed by atoms with E-state index in [1.165, 1.54) is 12.8 Å². The highest BCUT2D eigenvalue weighted by molar-refractivity contribution is 5.01. The molecular formula is C11H20N4. The smallest absolute Gasteiger partial charge is 0.150 e. The van der Waals surface area contributed by atoms with E-state index in [9.17, 15) is 0 Å². The van der Waals surface area contributed by atoms with E-state index in [0.29, 0.717) is 6.04 Å². The average molecular weight is 208 g/mol. The lowest BCUT2D eigenvalue weighted by Gasteiger charge is -2.27. The maximum absolute atomic E-state index is 4.30. The first kappa shape index (κ1) is 10.6. The lowest BCUT2D eigenvalue weighted by molar-refractivity contribution is 0.309. The lowest BCUT2D eigenvalue weighted by Crippen LogP contribution is -2.32. The van der Waals surface area contributed by atoms with Gasteiger partial charge in [-0.1, -0.05) is 6.92 Å². The minimum absolute atomic E-state index is 0.398. The fourth-order valence-electron chi connectivity index (χ4n) is 2.35. The predicted octanol–water partition coefficient (Wildman–Crippen LogP) is 1.67. The number of aromatic nitrogens is 3. The first-order valence-corrected chi connectivity index (χ1v) is 5.85. The maximum Gasteiger partial charge on any atom is 0.150 e. The Labute approximate surface area is 91.1 Å². The van der Waals surface area contributed by atoms with Crippen molar-refractivity contribution >= 4 is 0 Å². The highest BCUT2D eigenvalue weighted by atomic mass is 15.3. The van der Waals surface area contributed by atoms with Crippen LogP contribution in [0.1, 0.15) is 44.4 Å². The Balaban J connectivity index is 2.20. The Morgan fingerprint density at radius 3 is 2.93 bits per heavy atom. The van der Waals surface area contributed by atoms with Crippen molar-refractivity contribution in [3.05, 3.63) is 11.6 Å². The standard InChI is InChI=1S/C11H20N4/c1-4-15-9(3)13-14-11(15)10-7-8(2)5-6-12-10/h8,10,12H,4-7H2,1-3H3. The van der Waals surface area contributed by atoms with Gasteiger partial charge in [0.1, 0.15) is 11.6 Å². The molecule has 2 rings (SSSR count). The Morgan fingerprint density at radius 2 is 2.27 bits per heavy atom. The SMILES string of the molecule is CCn1c(C)nnc1C1CC(C)CCN1. The molecule has 1 aliphatic rings. The summed E-state index contributed by atoms with van der Waals surface area (Å²) in [5.41, 5.74) is 0. The van der Waals surface area contributed by atoms with Gasteiger partial charge in [-0.15, -0.1) is 10.2 Å². The zero-order valence-electron chi connectivity index (χ0n) is 9.82. The number of hydrogen-bond donors (Lipinski definition) is 1. The number of nitrogens with one attached hydrogen (secondary N) is 1. The fraction of sp³-hybridized carbons (Fsp3) is 0.818. The monoisotopic (exact) mass is 208 g/mol. The molecule has 1 aliphatic heterocycles. The molecule has 84 valence electrons.